The number of carbonyl (C=O) groups is 2. The Kier molecular flexibility index (Phi) is 7.51. The summed E-state index contributed by atoms with van der Waals surface area (Å²) in [5.74, 6) is 0.971. The van der Waals surface area contributed by atoms with E-state index in [-0.39, 0.29) is 18.6 Å². The molecule has 1 amide bonds. The van der Waals surface area contributed by atoms with Crippen LogP contribution in [0.2, 0.25) is 0 Å². The molecule has 0 radical (unpaired) electrons. The third kappa shape index (κ3) is 6.93. The molecular formula is C17H25NO3. The average Bonchev–Trinajstić information content (AvgIpc) is 2.45. The van der Waals surface area contributed by atoms with Crippen LogP contribution in [0.25, 0.3) is 0 Å². The minimum atomic E-state index is -0.159. The highest BCUT2D eigenvalue weighted by Crippen LogP contribution is 2.15. The van der Waals surface area contributed by atoms with Gasteiger partial charge in [-0.2, -0.15) is 0 Å². The van der Waals surface area contributed by atoms with Crippen LogP contribution >= 0.6 is 0 Å². The van der Waals surface area contributed by atoms with Gasteiger partial charge in [-0.15, -0.1) is 0 Å². The van der Waals surface area contributed by atoms with Gasteiger partial charge in [0.25, 0.3) is 5.91 Å². The van der Waals surface area contributed by atoms with E-state index in [1.54, 1.807) is 24.3 Å². The highest BCUT2D eigenvalue weighted by atomic mass is 16.5. The number of benzene rings is 1. The minimum Gasteiger partial charge on any atom is -0.483 e. The zero-order chi connectivity index (χ0) is 15.7. The first-order valence-corrected chi connectivity index (χ1v) is 7.49. The van der Waals surface area contributed by atoms with Gasteiger partial charge in [-0.25, -0.2) is 0 Å². The molecule has 1 rings (SSSR count). The number of hydrogen-bond acceptors (Lipinski definition) is 3. The summed E-state index contributed by atoms with van der Waals surface area (Å²) in [6.07, 6.45) is 3.97. The van der Waals surface area contributed by atoms with E-state index in [0.717, 1.165) is 19.1 Å². The van der Waals surface area contributed by atoms with E-state index in [1.165, 1.54) is 6.42 Å². The molecule has 21 heavy (non-hydrogen) atoms. The van der Waals surface area contributed by atoms with Crippen molar-refractivity contribution in [2.45, 2.75) is 46.1 Å². The predicted molar refractivity (Wildman–Crippen MR) is 83.6 cm³/mol. The summed E-state index contributed by atoms with van der Waals surface area (Å²) in [7, 11) is 0. The van der Waals surface area contributed by atoms with Gasteiger partial charge in [0.1, 0.15) is 5.75 Å². The van der Waals surface area contributed by atoms with Gasteiger partial charge in [0.05, 0.1) is 5.56 Å². The van der Waals surface area contributed by atoms with Crippen LogP contribution in [-0.4, -0.2) is 24.8 Å². The van der Waals surface area contributed by atoms with Crippen LogP contribution < -0.4 is 10.1 Å². The molecule has 116 valence electrons. The fourth-order valence-corrected chi connectivity index (χ4v) is 2.07. The van der Waals surface area contributed by atoms with Crippen molar-refractivity contribution in [1.29, 1.82) is 0 Å². The Balaban J connectivity index is 2.32. The molecule has 1 aromatic carbocycles. The van der Waals surface area contributed by atoms with Gasteiger partial charge in [0.2, 0.25) is 0 Å². The standard InChI is InChI=1S/C17H25NO3/c1-13(2)7-6-8-14(3)18-17(20)12-21-16-10-5-4-9-15(16)11-19/h4-5,9-11,13-14H,6-8,12H2,1-3H3,(H,18,20). The van der Waals surface area contributed by atoms with Gasteiger partial charge in [-0.1, -0.05) is 38.8 Å². The largest absolute Gasteiger partial charge is 0.483 e. The molecule has 0 heterocycles. The summed E-state index contributed by atoms with van der Waals surface area (Å²) in [5, 5.41) is 2.91. The lowest BCUT2D eigenvalue weighted by molar-refractivity contribution is -0.123. The molecule has 0 spiro atoms. The molecule has 0 aromatic heterocycles. The summed E-state index contributed by atoms with van der Waals surface area (Å²) < 4.78 is 5.39. The summed E-state index contributed by atoms with van der Waals surface area (Å²) in [6.45, 7) is 6.32. The third-order valence-electron chi connectivity index (χ3n) is 3.23. The van der Waals surface area contributed by atoms with Crippen LogP contribution in [0.5, 0.6) is 5.75 Å². The molecule has 1 atom stereocenters. The van der Waals surface area contributed by atoms with Crippen molar-refractivity contribution in [2.75, 3.05) is 6.61 Å². The molecular weight excluding hydrogens is 266 g/mol. The lowest BCUT2D eigenvalue weighted by Gasteiger charge is -2.15. The second kappa shape index (κ2) is 9.16. The second-order valence-corrected chi connectivity index (χ2v) is 5.74. The van der Waals surface area contributed by atoms with E-state index in [1.807, 2.05) is 6.92 Å². The van der Waals surface area contributed by atoms with Crippen LogP contribution in [0, 0.1) is 5.92 Å². The molecule has 1 unspecified atom stereocenters. The number of hydrogen-bond donors (Lipinski definition) is 1. The predicted octanol–water partition coefficient (Wildman–Crippen LogP) is 3.21. The van der Waals surface area contributed by atoms with Crippen molar-refractivity contribution in [2.24, 2.45) is 5.92 Å². The molecule has 0 aliphatic rings. The second-order valence-electron chi connectivity index (χ2n) is 5.74. The van der Waals surface area contributed by atoms with Crippen LogP contribution in [0.3, 0.4) is 0 Å². The Morgan fingerprint density at radius 1 is 1.24 bits per heavy atom. The number of carbonyl (C=O) groups excluding carboxylic acids is 2. The Labute approximate surface area is 126 Å². The van der Waals surface area contributed by atoms with Crippen molar-refractivity contribution in [3.05, 3.63) is 29.8 Å². The smallest absolute Gasteiger partial charge is 0.258 e. The molecule has 0 bridgehead atoms. The molecule has 4 heteroatoms. The molecule has 0 aliphatic heterocycles. The maximum atomic E-state index is 11.8. The van der Waals surface area contributed by atoms with E-state index in [2.05, 4.69) is 19.2 Å². The molecule has 4 nitrogen and oxygen atoms in total. The van der Waals surface area contributed by atoms with Crippen molar-refractivity contribution >= 4 is 12.2 Å². The normalized spacial score (nSPS) is 12.0. The number of amides is 1. The number of aldehydes is 1. The maximum absolute atomic E-state index is 11.8. The van der Waals surface area contributed by atoms with Crippen molar-refractivity contribution in [3.63, 3.8) is 0 Å². The third-order valence-corrected chi connectivity index (χ3v) is 3.23. The zero-order valence-corrected chi connectivity index (χ0v) is 13.1. The first kappa shape index (κ1) is 17.2. The fraction of sp³-hybridized carbons (Fsp3) is 0.529. The zero-order valence-electron chi connectivity index (χ0n) is 13.1. The SMILES string of the molecule is CC(C)CCCC(C)NC(=O)COc1ccccc1C=O. The Hall–Kier alpha value is -1.84. The first-order chi connectivity index (χ1) is 10.0. The van der Waals surface area contributed by atoms with Crippen molar-refractivity contribution < 1.29 is 14.3 Å². The van der Waals surface area contributed by atoms with Crippen LogP contribution in [0.1, 0.15) is 50.4 Å². The van der Waals surface area contributed by atoms with Gasteiger partial charge < -0.3 is 10.1 Å². The lowest BCUT2D eigenvalue weighted by atomic mass is 10.0. The fourth-order valence-electron chi connectivity index (χ4n) is 2.07. The number of para-hydroxylation sites is 1. The van der Waals surface area contributed by atoms with E-state index in [0.29, 0.717) is 17.2 Å². The Morgan fingerprint density at radius 2 is 1.95 bits per heavy atom. The quantitative estimate of drug-likeness (QED) is 0.711. The summed E-state index contributed by atoms with van der Waals surface area (Å²) in [6, 6.07) is 7.02. The van der Waals surface area contributed by atoms with E-state index >= 15 is 0 Å². The summed E-state index contributed by atoms with van der Waals surface area (Å²) in [4.78, 5) is 22.6. The first-order valence-electron chi connectivity index (χ1n) is 7.49. The molecule has 1 N–H and O–H groups in total. The van der Waals surface area contributed by atoms with E-state index in [9.17, 15) is 9.59 Å². The minimum absolute atomic E-state index is 0.0701. The van der Waals surface area contributed by atoms with E-state index in [4.69, 9.17) is 4.74 Å². The molecule has 0 saturated heterocycles. The number of ether oxygens (including phenoxy) is 1. The van der Waals surface area contributed by atoms with E-state index < -0.39 is 0 Å². The van der Waals surface area contributed by atoms with Crippen LogP contribution in [0.15, 0.2) is 24.3 Å². The number of nitrogens with one attached hydrogen (secondary N) is 1. The molecule has 1 aromatic rings. The maximum Gasteiger partial charge on any atom is 0.258 e. The Bertz CT molecular complexity index is 457. The van der Waals surface area contributed by atoms with Gasteiger partial charge in [-0.3, -0.25) is 9.59 Å². The van der Waals surface area contributed by atoms with Crippen LogP contribution in [-0.2, 0) is 4.79 Å². The van der Waals surface area contributed by atoms with Crippen LogP contribution in [0.4, 0.5) is 0 Å². The Morgan fingerprint density at radius 3 is 2.62 bits per heavy atom. The molecule has 0 aliphatic carbocycles. The molecule has 0 saturated carbocycles. The summed E-state index contributed by atoms with van der Waals surface area (Å²) in [5.41, 5.74) is 0.454. The lowest BCUT2D eigenvalue weighted by Crippen LogP contribution is -2.36. The average molecular weight is 291 g/mol. The van der Waals surface area contributed by atoms with Crippen molar-refractivity contribution in [3.8, 4) is 5.75 Å². The van der Waals surface area contributed by atoms with Gasteiger partial charge in [0.15, 0.2) is 12.9 Å². The molecule has 0 fully saturated rings. The highest BCUT2D eigenvalue weighted by Gasteiger charge is 2.09. The van der Waals surface area contributed by atoms with Gasteiger partial charge in [0, 0.05) is 6.04 Å². The topological polar surface area (TPSA) is 55.4 Å². The number of rotatable bonds is 9. The summed E-state index contributed by atoms with van der Waals surface area (Å²) >= 11 is 0. The van der Waals surface area contributed by atoms with Gasteiger partial charge in [-0.05, 0) is 31.4 Å². The monoisotopic (exact) mass is 291 g/mol. The van der Waals surface area contributed by atoms with Crippen molar-refractivity contribution in [1.82, 2.24) is 5.32 Å². The highest BCUT2D eigenvalue weighted by molar-refractivity contribution is 5.80. The van der Waals surface area contributed by atoms with Gasteiger partial charge >= 0.3 is 0 Å².